The number of benzene rings is 2. The van der Waals surface area contributed by atoms with E-state index in [1.807, 2.05) is 38.1 Å². The molecule has 0 bridgehead atoms. The minimum Gasteiger partial charge on any atom is -0.494 e. The van der Waals surface area contributed by atoms with Gasteiger partial charge in [0.1, 0.15) is 18.5 Å². The Balaban J connectivity index is 2.20. The molecule has 1 unspecified atom stereocenters. The van der Waals surface area contributed by atoms with Gasteiger partial charge in [-0.1, -0.05) is 56.1 Å². The molecule has 0 aliphatic heterocycles. The van der Waals surface area contributed by atoms with Gasteiger partial charge in [0.25, 0.3) is 0 Å². The van der Waals surface area contributed by atoms with Crippen LogP contribution in [-0.4, -0.2) is 51.1 Å². The van der Waals surface area contributed by atoms with Crippen molar-refractivity contribution in [2.75, 3.05) is 30.6 Å². The molecule has 0 N–H and O–H groups in total. The Hall–Kier alpha value is -1.67. The number of carbonyl (C=O) groups is 1. The number of carbonyl (C=O) groups excluding carboxylic acids is 1. The van der Waals surface area contributed by atoms with Gasteiger partial charge in [-0.25, -0.2) is 8.42 Å². The van der Waals surface area contributed by atoms with E-state index in [1.54, 1.807) is 12.1 Å². The summed E-state index contributed by atoms with van der Waals surface area (Å²) in [7, 11) is -3.39. The predicted octanol–water partition coefficient (Wildman–Crippen LogP) is 6.07. The Morgan fingerprint density at radius 1 is 1.03 bits per heavy atom. The normalized spacial score (nSPS) is 12.8. The van der Waals surface area contributed by atoms with Crippen molar-refractivity contribution in [1.29, 1.82) is 0 Å². The smallest absolute Gasteiger partial charge is 0.303 e. The van der Waals surface area contributed by atoms with Crippen LogP contribution in [0, 0.1) is 0 Å². The fraction of sp³-hybridized carbons (Fsp3) is 0.480. The summed E-state index contributed by atoms with van der Waals surface area (Å²) in [4.78, 5) is 11.4. The molecule has 10 heteroatoms. The van der Waals surface area contributed by atoms with Gasteiger partial charge in [0.15, 0.2) is 15.6 Å². The van der Waals surface area contributed by atoms with Crippen LogP contribution in [0.5, 0.6) is 11.5 Å². The Bertz CT molecular complexity index is 1080. The van der Waals surface area contributed by atoms with Crippen LogP contribution < -0.4 is 9.47 Å². The lowest BCUT2D eigenvalue weighted by molar-refractivity contribution is -0.146. The molecule has 0 saturated heterocycles. The van der Waals surface area contributed by atoms with Crippen LogP contribution in [0.4, 0.5) is 0 Å². The lowest BCUT2D eigenvalue weighted by Gasteiger charge is -2.27. The van der Waals surface area contributed by atoms with E-state index in [4.69, 9.17) is 49.0 Å². The number of hydrogen-bond donors (Lipinski definition) is 0. The highest BCUT2D eigenvalue weighted by Crippen LogP contribution is 2.40. The SMILES string of the molecule is CCS(=O)(=O)CC(COc1c(Cl)cc(C(C)(C)c2ccc(OCCCCl)cc2)cc1Cl)OC(C)=O. The molecule has 1 atom stereocenters. The second kappa shape index (κ2) is 13.0. The molecule has 0 radical (unpaired) electrons. The fourth-order valence-corrected chi connectivity index (χ4v) is 5.04. The number of esters is 1. The van der Waals surface area contributed by atoms with E-state index < -0.39 is 27.3 Å². The first kappa shape index (κ1) is 29.6. The Morgan fingerprint density at radius 3 is 2.14 bits per heavy atom. The molecule has 0 amide bonds. The molecule has 194 valence electrons. The van der Waals surface area contributed by atoms with E-state index in [0.717, 1.165) is 23.3 Å². The van der Waals surface area contributed by atoms with Gasteiger partial charge in [0.05, 0.1) is 22.4 Å². The second-order valence-corrected chi connectivity index (χ2v) is 12.1. The van der Waals surface area contributed by atoms with Gasteiger partial charge in [-0.3, -0.25) is 4.79 Å². The predicted molar refractivity (Wildman–Crippen MR) is 141 cm³/mol. The average molecular weight is 566 g/mol. The molecule has 0 aliphatic carbocycles. The summed E-state index contributed by atoms with van der Waals surface area (Å²) >= 11 is 18.7. The number of ether oxygens (including phenoxy) is 3. The number of halogens is 3. The minimum absolute atomic E-state index is 0.0728. The molecular formula is C25H31Cl3O6S. The van der Waals surface area contributed by atoms with E-state index in [2.05, 4.69) is 0 Å². The first-order valence-corrected chi connectivity index (χ1v) is 14.3. The van der Waals surface area contributed by atoms with Gasteiger partial charge in [0.2, 0.25) is 0 Å². The van der Waals surface area contributed by atoms with Crippen LogP contribution >= 0.6 is 34.8 Å². The average Bonchev–Trinajstić information content (AvgIpc) is 2.78. The number of alkyl halides is 1. The zero-order valence-corrected chi connectivity index (χ0v) is 23.4. The maximum Gasteiger partial charge on any atom is 0.303 e. The van der Waals surface area contributed by atoms with Gasteiger partial charge >= 0.3 is 5.97 Å². The number of rotatable bonds is 13. The fourth-order valence-electron chi connectivity index (χ4n) is 3.37. The summed E-state index contributed by atoms with van der Waals surface area (Å²) in [6, 6.07) is 11.3. The van der Waals surface area contributed by atoms with Crippen molar-refractivity contribution < 1.29 is 27.4 Å². The highest BCUT2D eigenvalue weighted by molar-refractivity contribution is 7.91. The van der Waals surface area contributed by atoms with Crippen molar-refractivity contribution in [3.8, 4) is 11.5 Å². The molecule has 2 aromatic carbocycles. The largest absolute Gasteiger partial charge is 0.494 e. The third kappa shape index (κ3) is 8.74. The Labute approximate surface area is 222 Å². The Kier molecular flexibility index (Phi) is 11.0. The van der Waals surface area contributed by atoms with Crippen molar-refractivity contribution in [2.45, 2.75) is 45.6 Å². The van der Waals surface area contributed by atoms with Crippen LogP contribution in [-0.2, 0) is 24.8 Å². The van der Waals surface area contributed by atoms with E-state index >= 15 is 0 Å². The molecule has 35 heavy (non-hydrogen) atoms. The van der Waals surface area contributed by atoms with Crippen LogP contribution in [0.25, 0.3) is 0 Å². The quantitative estimate of drug-likeness (QED) is 0.167. The van der Waals surface area contributed by atoms with E-state index in [9.17, 15) is 13.2 Å². The summed E-state index contributed by atoms with van der Waals surface area (Å²) in [5.41, 5.74) is 1.46. The number of sulfone groups is 1. The summed E-state index contributed by atoms with van der Waals surface area (Å²) in [6.45, 7) is 7.18. The van der Waals surface area contributed by atoms with Gasteiger partial charge in [-0.05, 0) is 41.8 Å². The minimum atomic E-state index is -3.39. The van der Waals surface area contributed by atoms with Gasteiger partial charge in [-0.15, -0.1) is 11.6 Å². The summed E-state index contributed by atoms with van der Waals surface area (Å²) < 4.78 is 40.5. The highest BCUT2D eigenvalue weighted by atomic mass is 35.5. The summed E-state index contributed by atoms with van der Waals surface area (Å²) in [5.74, 6) is 0.485. The molecule has 0 saturated carbocycles. The van der Waals surface area contributed by atoms with Crippen molar-refractivity contribution in [2.24, 2.45) is 0 Å². The van der Waals surface area contributed by atoms with E-state index in [0.29, 0.717) is 12.5 Å². The molecule has 0 spiro atoms. The third-order valence-corrected chi connectivity index (χ3v) is 8.06. The van der Waals surface area contributed by atoms with Crippen molar-refractivity contribution in [1.82, 2.24) is 0 Å². The zero-order chi connectivity index (χ0) is 26.2. The molecule has 6 nitrogen and oxygen atoms in total. The molecule has 0 aliphatic rings. The molecule has 2 rings (SSSR count). The van der Waals surface area contributed by atoms with Crippen molar-refractivity contribution in [3.05, 3.63) is 57.6 Å². The maximum atomic E-state index is 12.0. The summed E-state index contributed by atoms with van der Waals surface area (Å²) in [5, 5.41) is 0.531. The Morgan fingerprint density at radius 2 is 1.63 bits per heavy atom. The first-order valence-electron chi connectivity index (χ1n) is 11.2. The molecular weight excluding hydrogens is 535 g/mol. The van der Waals surface area contributed by atoms with Crippen LogP contribution in [0.1, 0.15) is 45.2 Å². The summed E-state index contributed by atoms with van der Waals surface area (Å²) in [6.07, 6.45) is -0.207. The molecule has 2 aromatic rings. The van der Waals surface area contributed by atoms with Crippen molar-refractivity contribution >= 4 is 50.6 Å². The lowest BCUT2D eigenvalue weighted by Crippen LogP contribution is -2.32. The van der Waals surface area contributed by atoms with Crippen molar-refractivity contribution in [3.63, 3.8) is 0 Å². The third-order valence-electron chi connectivity index (χ3n) is 5.47. The van der Waals surface area contributed by atoms with Gasteiger partial charge in [-0.2, -0.15) is 0 Å². The lowest BCUT2D eigenvalue weighted by atomic mass is 9.78. The van der Waals surface area contributed by atoms with E-state index in [-0.39, 0.29) is 33.9 Å². The first-order chi connectivity index (χ1) is 16.4. The topological polar surface area (TPSA) is 78.9 Å². The molecule has 0 aromatic heterocycles. The standard InChI is InChI=1S/C25H31Cl3O6S/c1-5-35(30,31)16-21(34-17(2)29)15-33-24-22(27)13-19(14-23(24)28)25(3,4)18-7-9-20(10-8-18)32-12-6-11-26/h7-10,13-14,21H,5-6,11-12,15-16H2,1-4H3. The number of hydrogen-bond acceptors (Lipinski definition) is 6. The van der Waals surface area contributed by atoms with Gasteiger partial charge in [0, 0.05) is 24.0 Å². The van der Waals surface area contributed by atoms with E-state index in [1.165, 1.54) is 13.8 Å². The second-order valence-electron chi connectivity index (χ2n) is 8.55. The monoisotopic (exact) mass is 564 g/mol. The van der Waals surface area contributed by atoms with Gasteiger partial charge < -0.3 is 14.2 Å². The van der Waals surface area contributed by atoms with Crippen LogP contribution in [0.3, 0.4) is 0 Å². The van der Waals surface area contributed by atoms with Crippen LogP contribution in [0.15, 0.2) is 36.4 Å². The highest BCUT2D eigenvalue weighted by Gasteiger charge is 2.27. The van der Waals surface area contributed by atoms with Crippen LogP contribution in [0.2, 0.25) is 10.0 Å². The maximum absolute atomic E-state index is 12.0. The molecule has 0 heterocycles. The zero-order valence-electron chi connectivity index (χ0n) is 20.3. The molecule has 0 fully saturated rings.